The lowest BCUT2D eigenvalue weighted by Gasteiger charge is -2.19. The number of benzene rings is 9. The first-order valence-corrected chi connectivity index (χ1v) is 16.2. The quantitative estimate of drug-likeness (QED) is 0.146. The average Bonchev–Trinajstić information content (AvgIpc) is 3.51. The number of rotatable bonds is 3. The molecular weight excluding hydrogens is 569 g/mol. The Morgan fingerprint density at radius 2 is 0.830 bits per heavy atom. The summed E-state index contributed by atoms with van der Waals surface area (Å²) in [5.74, 6) is 0. The Morgan fingerprint density at radius 1 is 0.277 bits per heavy atom. The summed E-state index contributed by atoms with van der Waals surface area (Å²) in [5.41, 5.74) is 9.22. The van der Waals surface area contributed by atoms with Gasteiger partial charge in [-0.2, -0.15) is 0 Å². The van der Waals surface area contributed by atoms with Crippen LogP contribution in [0.25, 0.3) is 98.4 Å². The summed E-state index contributed by atoms with van der Waals surface area (Å²) in [7, 11) is 0. The standard InChI is InChI=1S/C46H28O/c1-2-12-29(13-3-1)45-37-19-8-9-20-38(37)46(32-23-25-44-41(28-32)36-18-10-11-21-43(36)47-44)39-24-22-31(27-42(39)45)40-26-30-14-4-5-15-33(30)34-16-6-7-17-35(34)40/h1-28H. The average molecular weight is 597 g/mol. The van der Waals surface area contributed by atoms with Gasteiger partial charge in [0.05, 0.1) is 0 Å². The highest BCUT2D eigenvalue weighted by molar-refractivity contribution is 6.23. The summed E-state index contributed by atoms with van der Waals surface area (Å²) < 4.78 is 6.23. The zero-order chi connectivity index (χ0) is 30.9. The molecule has 47 heavy (non-hydrogen) atoms. The second-order valence-corrected chi connectivity index (χ2v) is 12.4. The highest BCUT2D eigenvalue weighted by Gasteiger charge is 2.19. The highest BCUT2D eigenvalue weighted by atomic mass is 16.3. The fourth-order valence-corrected chi connectivity index (χ4v) is 7.75. The molecule has 10 rings (SSSR count). The van der Waals surface area contributed by atoms with Crippen LogP contribution >= 0.6 is 0 Å². The van der Waals surface area contributed by atoms with E-state index in [1.54, 1.807) is 0 Å². The fraction of sp³-hybridized carbons (Fsp3) is 0. The number of hydrogen-bond donors (Lipinski definition) is 0. The topological polar surface area (TPSA) is 13.1 Å². The van der Waals surface area contributed by atoms with E-state index in [2.05, 4.69) is 158 Å². The minimum Gasteiger partial charge on any atom is -0.456 e. The SMILES string of the molecule is c1ccc(-c2c3ccccc3c(-c3ccc4oc5ccccc5c4c3)c3ccc(-c4cc5ccccc5c5ccccc45)cc23)cc1. The third-order valence-corrected chi connectivity index (χ3v) is 9.83. The third-order valence-electron chi connectivity index (χ3n) is 9.83. The van der Waals surface area contributed by atoms with Crippen LogP contribution in [0.4, 0.5) is 0 Å². The van der Waals surface area contributed by atoms with Gasteiger partial charge in [0.1, 0.15) is 11.2 Å². The molecular formula is C46H28O. The largest absolute Gasteiger partial charge is 0.456 e. The van der Waals surface area contributed by atoms with Crippen LogP contribution in [0.5, 0.6) is 0 Å². The van der Waals surface area contributed by atoms with Crippen molar-refractivity contribution < 1.29 is 4.42 Å². The van der Waals surface area contributed by atoms with Gasteiger partial charge in [-0.1, -0.05) is 140 Å². The maximum Gasteiger partial charge on any atom is 0.135 e. The molecule has 0 unspecified atom stereocenters. The lowest BCUT2D eigenvalue weighted by molar-refractivity contribution is 0.669. The van der Waals surface area contributed by atoms with Gasteiger partial charge in [-0.05, 0) is 107 Å². The van der Waals surface area contributed by atoms with Crippen molar-refractivity contribution in [1.82, 2.24) is 0 Å². The lowest BCUT2D eigenvalue weighted by Crippen LogP contribution is -1.92. The second-order valence-electron chi connectivity index (χ2n) is 12.4. The first-order valence-electron chi connectivity index (χ1n) is 16.2. The van der Waals surface area contributed by atoms with Crippen LogP contribution < -0.4 is 0 Å². The van der Waals surface area contributed by atoms with Crippen LogP contribution in [-0.2, 0) is 0 Å². The monoisotopic (exact) mass is 596 g/mol. The Labute approximate surface area is 271 Å². The molecule has 0 N–H and O–H groups in total. The predicted molar refractivity (Wildman–Crippen MR) is 200 cm³/mol. The molecule has 0 saturated heterocycles. The molecule has 0 aliphatic heterocycles. The minimum absolute atomic E-state index is 0.912. The Bertz CT molecular complexity index is 2840. The molecule has 218 valence electrons. The zero-order valence-electron chi connectivity index (χ0n) is 25.6. The van der Waals surface area contributed by atoms with Gasteiger partial charge >= 0.3 is 0 Å². The van der Waals surface area contributed by atoms with Crippen molar-refractivity contribution in [2.75, 3.05) is 0 Å². The molecule has 10 aromatic rings. The van der Waals surface area contributed by atoms with Crippen LogP contribution in [0.2, 0.25) is 0 Å². The molecule has 0 atom stereocenters. The van der Waals surface area contributed by atoms with Gasteiger partial charge in [0.2, 0.25) is 0 Å². The Kier molecular flexibility index (Phi) is 5.64. The summed E-state index contributed by atoms with van der Waals surface area (Å²) in [5, 5.41) is 12.4. The third kappa shape index (κ3) is 3.97. The van der Waals surface area contributed by atoms with Crippen molar-refractivity contribution in [3.63, 3.8) is 0 Å². The van der Waals surface area contributed by atoms with Gasteiger partial charge in [0.25, 0.3) is 0 Å². The smallest absolute Gasteiger partial charge is 0.135 e. The molecule has 1 heterocycles. The number of hydrogen-bond acceptors (Lipinski definition) is 1. The molecule has 1 aromatic heterocycles. The van der Waals surface area contributed by atoms with E-state index >= 15 is 0 Å². The van der Waals surface area contributed by atoms with E-state index in [9.17, 15) is 0 Å². The summed E-state index contributed by atoms with van der Waals surface area (Å²) >= 11 is 0. The fourth-order valence-electron chi connectivity index (χ4n) is 7.75. The Hall–Kier alpha value is -6.18. The van der Waals surface area contributed by atoms with Gasteiger partial charge in [0, 0.05) is 10.8 Å². The van der Waals surface area contributed by atoms with E-state index in [0.29, 0.717) is 0 Å². The van der Waals surface area contributed by atoms with Crippen LogP contribution in [0.1, 0.15) is 0 Å². The maximum atomic E-state index is 6.23. The second kappa shape index (κ2) is 10.2. The van der Waals surface area contributed by atoms with Crippen LogP contribution in [0.3, 0.4) is 0 Å². The first-order chi connectivity index (χ1) is 23.3. The van der Waals surface area contributed by atoms with Gasteiger partial charge < -0.3 is 4.42 Å². The van der Waals surface area contributed by atoms with Gasteiger partial charge in [-0.25, -0.2) is 0 Å². The van der Waals surface area contributed by atoms with E-state index in [1.807, 2.05) is 12.1 Å². The number of furan rings is 1. The van der Waals surface area contributed by atoms with E-state index in [0.717, 1.165) is 21.9 Å². The molecule has 0 amide bonds. The van der Waals surface area contributed by atoms with Crippen molar-refractivity contribution in [2.24, 2.45) is 0 Å². The Balaban J connectivity index is 1.33. The van der Waals surface area contributed by atoms with Crippen molar-refractivity contribution in [2.45, 2.75) is 0 Å². The van der Waals surface area contributed by atoms with Crippen molar-refractivity contribution >= 4 is 65.0 Å². The van der Waals surface area contributed by atoms with Gasteiger partial charge in [-0.15, -0.1) is 0 Å². The Morgan fingerprint density at radius 3 is 1.64 bits per heavy atom. The maximum absolute atomic E-state index is 6.23. The molecule has 0 aliphatic carbocycles. The summed E-state index contributed by atoms with van der Waals surface area (Å²) in [6.07, 6.45) is 0. The van der Waals surface area contributed by atoms with Crippen molar-refractivity contribution in [3.8, 4) is 33.4 Å². The minimum atomic E-state index is 0.912. The van der Waals surface area contributed by atoms with Crippen molar-refractivity contribution in [3.05, 3.63) is 170 Å². The van der Waals surface area contributed by atoms with E-state index in [4.69, 9.17) is 4.42 Å². The van der Waals surface area contributed by atoms with Gasteiger partial charge in [-0.3, -0.25) is 0 Å². The predicted octanol–water partition coefficient (Wildman–Crippen LogP) is 13.2. The zero-order valence-corrected chi connectivity index (χ0v) is 25.6. The summed E-state index contributed by atoms with van der Waals surface area (Å²) in [6, 6.07) is 61.7. The normalized spacial score (nSPS) is 11.8. The number of para-hydroxylation sites is 1. The summed E-state index contributed by atoms with van der Waals surface area (Å²) in [4.78, 5) is 0. The number of fused-ring (bicyclic) bond motifs is 8. The van der Waals surface area contributed by atoms with E-state index in [1.165, 1.54) is 76.5 Å². The van der Waals surface area contributed by atoms with Crippen molar-refractivity contribution in [1.29, 1.82) is 0 Å². The van der Waals surface area contributed by atoms with E-state index < -0.39 is 0 Å². The molecule has 0 radical (unpaired) electrons. The molecule has 0 fully saturated rings. The molecule has 1 nitrogen and oxygen atoms in total. The van der Waals surface area contributed by atoms with Gasteiger partial charge in [0.15, 0.2) is 0 Å². The van der Waals surface area contributed by atoms with E-state index in [-0.39, 0.29) is 0 Å². The molecule has 0 saturated carbocycles. The molecule has 9 aromatic carbocycles. The molecule has 1 heteroatoms. The molecule has 0 aliphatic rings. The van der Waals surface area contributed by atoms with Crippen LogP contribution in [0.15, 0.2) is 174 Å². The lowest BCUT2D eigenvalue weighted by atomic mass is 9.84. The van der Waals surface area contributed by atoms with Crippen LogP contribution in [-0.4, -0.2) is 0 Å². The molecule has 0 bridgehead atoms. The molecule has 0 spiro atoms. The first kappa shape index (κ1) is 26.1. The highest BCUT2D eigenvalue weighted by Crippen LogP contribution is 2.46. The van der Waals surface area contributed by atoms with Crippen LogP contribution in [0, 0.1) is 0 Å². The summed E-state index contributed by atoms with van der Waals surface area (Å²) in [6.45, 7) is 0.